The van der Waals surface area contributed by atoms with Crippen LogP contribution in [0, 0.1) is 5.92 Å². The van der Waals surface area contributed by atoms with Crippen molar-refractivity contribution >= 4 is 0 Å². The average Bonchev–Trinajstić information content (AvgIpc) is 2.11. The van der Waals surface area contributed by atoms with Crippen LogP contribution in [0.2, 0.25) is 0 Å². The maximum atomic E-state index is 3.56. The lowest BCUT2D eigenvalue weighted by Crippen LogP contribution is -2.40. The van der Waals surface area contributed by atoms with Crippen LogP contribution in [0.3, 0.4) is 0 Å². The zero-order chi connectivity index (χ0) is 11.1. The standard InChI is InChI=1S/C12H28N2/c1-7-14(11(4)5)9-8-13-12(6)10(2)3/h10-13H,7-9H2,1-6H3. The van der Waals surface area contributed by atoms with E-state index < -0.39 is 0 Å². The molecule has 0 amide bonds. The molecular weight excluding hydrogens is 172 g/mol. The summed E-state index contributed by atoms with van der Waals surface area (Å²) in [6.07, 6.45) is 0. The highest BCUT2D eigenvalue weighted by Gasteiger charge is 2.08. The molecule has 0 saturated carbocycles. The number of hydrogen-bond donors (Lipinski definition) is 1. The maximum absolute atomic E-state index is 3.56. The van der Waals surface area contributed by atoms with Gasteiger partial charge in [0, 0.05) is 25.2 Å². The summed E-state index contributed by atoms with van der Waals surface area (Å²) >= 11 is 0. The Kier molecular flexibility index (Phi) is 7.20. The molecule has 0 rings (SSSR count). The van der Waals surface area contributed by atoms with Crippen molar-refractivity contribution < 1.29 is 0 Å². The molecule has 0 aromatic carbocycles. The van der Waals surface area contributed by atoms with Gasteiger partial charge in [-0.2, -0.15) is 0 Å². The fourth-order valence-electron chi connectivity index (χ4n) is 1.45. The van der Waals surface area contributed by atoms with Gasteiger partial charge in [-0.25, -0.2) is 0 Å². The summed E-state index contributed by atoms with van der Waals surface area (Å²) < 4.78 is 0. The first kappa shape index (κ1) is 13.9. The summed E-state index contributed by atoms with van der Waals surface area (Å²) in [6.45, 7) is 16.9. The lowest BCUT2D eigenvalue weighted by atomic mass is 10.1. The fourth-order valence-corrected chi connectivity index (χ4v) is 1.45. The molecule has 0 heterocycles. The first-order valence-corrected chi connectivity index (χ1v) is 5.96. The van der Waals surface area contributed by atoms with E-state index in [9.17, 15) is 0 Å². The molecule has 86 valence electrons. The quantitative estimate of drug-likeness (QED) is 0.678. The van der Waals surface area contributed by atoms with Gasteiger partial charge in [0.15, 0.2) is 0 Å². The van der Waals surface area contributed by atoms with Gasteiger partial charge in [-0.3, -0.25) is 4.90 Å². The van der Waals surface area contributed by atoms with Crippen molar-refractivity contribution in [1.29, 1.82) is 0 Å². The number of rotatable bonds is 7. The summed E-state index contributed by atoms with van der Waals surface area (Å²) in [5.41, 5.74) is 0. The van der Waals surface area contributed by atoms with Crippen molar-refractivity contribution in [3.8, 4) is 0 Å². The number of nitrogens with one attached hydrogen (secondary N) is 1. The molecule has 14 heavy (non-hydrogen) atoms. The molecule has 0 bridgehead atoms. The molecule has 1 atom stereocenters. The minimum atomic E-state index is 0.626. The highest BCUT2D eigenvalue weighted by atomic mass is 15.2. The Balaban J connectivity index is 3.61. The smallest absolute Gasteiger partial charge is 0.0110 e. The van der Waals surface area contributed by atoms with Crippen molar-refractivity contribution in [3.05, 3.63) is 0 Å². The predicted molar refractivity (Wildman–Crippen MR) is 64.7 cm³/mol. The molecule has 0 aromatic heterocycles. The van der Waals surface area contributed by atoms with Gasteiger partial charge in [0.1, 0.15) is 0 Å². The predicted octanol–water partition coefficient (Wildman–Crippen LogP) is 2.35. The third-order valence-electron chi connectivity index (χ3n) is 3.00. The van der Waals surface area contributed by atoms with Gasteiger partial charge in [-0.1, -0.05) is 20.8 Å². The molecular formula is C12H28N2. The second-order valence-electron chi connectivity index (χ2n) is 4.71. The van der Waals surface area contributed by atoms with Crippen LogP contribution in [0.4, 0.5) is 0 Å². The van der Waals surface area contributed by atoms with E-state index >= 15 is 0 Å². The van der Waals surface area contributed by atoms with E-state index in [-0.39, 0.29) is 0 Å². The monoisotopic (exact) mass is 200 g/mol. The molecule has 0 aliphatic carbocycles. The van der Waals surface area contributed by atoms with Gasteiger partial charge in [0.05, 0.1) is 0 Å². The van der Waals surface area contributed by atoms with Crippen LogP contribution in [0.5, 0.6) is 0 Å². The minimum absolute atomic E-state index is 0.626. The summed E-state index contributed by atoms with van der Waals surface area (Å²) in [5.74, 6) is 0.726. The number of likely N-dealkylation sites (N-methyl/N-ethyl adjacent to an activating group) is 1. The SMILES string of the molecule is CCN(CCNC(C)C(C)C)C(C)C. The highest BCUT2D eigenvalue weighted by molar-refractivity contribution is 4.67. The maximum Gasteiger partial charge on any atom is 0.0110 e. The van der Waals surface area contributed by atoms with E-state index in [2.05, 4.69) is 51.8 Å². The van der Waals surface area contributed by atoms with E-state index in [4.69, 9.17) is 0 Å². The van der Waals surface area contributed by atoms with E-state index in [0.29, 0.717) is 12.1 Å². The van der Waals surface area contributed by atoms with Gasteiger partial charge in [0.25, 0.3) is 0 Å². The lowest BCUT2D eigenvalue weighted by molar-refractivity contribution is 0.228. The van der Waals surface area contributed by atoms with Crippen molar-refractivity contribution in [1.82, 2.24) is 10.2 Å². The number of hydrogen-bond acceptors (Lipinski definition) is 2. The van der Waals surface area contributed by atoms with E-state index in [1.54, 1.807) is 0 Å². The molecule has 0 aromatic rings. The van der Waals surface area contributed by atoms with Crippen LogP contribution in [-0.4, -0.2) is 36.6 Å². The van der Waals surface area contributed by atoms with Crippen molar-refractivity contribution in [3.63, 3.8) is 0 Å². The third-order valence-corrected chi connectivity index (χ3v) is 3.00. The van der Waals surface area contributed by atoms with Gasteiger partial charge in [0.2, 0.25) is 0 Å². The molecule has 1 unspecified atom stereocenters. The second-order valence-corrected chi connectivity index (χ2v) is 4.71. The normalized spacial score (nSPS) is 14.4. The Labute approximate surface area is 90.1 Å². The average molecular weight is 200 g/mol. The van der Waals surface area contributed by atoms with Gasteiger partial charge >= 0.3 is 0 Å². The first-order chi connectivity index (χ1) is 6.49. The van der Waals surface area contributed by atoms with Crippen LogP contribution >= 0.6 is 0 Å². The Morgan fingerprint density at radius 1 is 1.07 bits per heavy atom. The summed E-state index contributed by atoms with van der Waals surface area (Å²) in [4.78, 5) is 2.49. The zero-order valence-corrected chi connectivity index (χ0v) is 10.8. The van der Waals surface area contributed by atoms with Gasteiger partial charge in [-0.15, -0.1) is 0 Å². The Morgan fingerprint density at radius 3 is 2.00 bits per heavy atom. The fraction of sp³-hybridized carbons (Fsp3) is 1.00. The van der Waals surface area contributed by atoms with Crippen LogP contribution < -0.4 is 5.32 Å². The molecule has 2 heteroatoms. The van der Waals surface area contributed by atoms with Crippen molar-refractivity contribution in [2.24, 2.45) is 5.92 Å². The molecule has 0 saturated heterocycles. The summed E-state index contributed by atoms with van der Waals surface area (Å²) in [6, 6.07) is 1.29. The largest absolute Gasteiger partial charge is 0.313 e. The van der Waals surface area contributed by atoms with Crippen LogP contribution in [-0.2, 0) is 0 Å². The minimum Gasteiger partial charge on any atom is -0.313 e. The van der Waals surface area contributed by atoms with E-state index in [1.165, 1.54) is 0 Å². The molecule has 0 fully saturated rings. The van der Waals surface area contributed by atoms with E-state index in [0.717, 1.165) is 25.6 Å². The summed E-state index contributed by atoms with van der Waals surface area (Å²) in [7, 11) is 0. The molecule has 2 nitrogen and oxygen atoms in total. The van der Waals surface area contributed by atoms with Crippen LogP contribution in [0.1, 0.15) is 41.5 Å². The van der Waals surface area contributed by atoms with Crippen LogP contribution in [0.25, 0.3) is 0 Å². The molecule has 0 aliphatic rings. The van der Waals surface area contributed by atoms with Crippen molar-refractivity contribution in [2.75, 3.05) is 19.6 Å². The lowest BCUT2D eigenvalue weighted by Gasteiger charge is -2.26. The molecule has 1 N–H and O–H groups in total. The third kappa shape index (κ3) is 5.61. The molecule has 0 radical (unpaired) electrons. The van der Waals surface area contributed by atoms with Gasteiger partial charge in [-0.05, 0) is 33.2 Å². The summed E-state index contributed by atoms with van der Waals surface area (Å²) in [5, 5.41) is 3.56. The highest BCUT2D eigenvalue weighted by Crippen LogP contribution is 2.00. The van der Waals surface area contributed by atoms with Crippen molar-refractivity contribution in [2.45, 2.75) is 53.6 Å². The number of nitrogens with zero attached hydrogens (tertiary/aromatic N) is 1. The molecule has 0 aliphatic heterocycles. The van der Waals surface area contributed by atoms with E-state index in [1.807, 2.05) is 0 Å². The molecule has 0 spiro atoms. The first-order valence-electron chi connectivity index (χ1n) is 5.96. The Morgan fingerprint density at radius 2 is 1.64 bits per heavy atom. The van der Waals surface area contributed by atoms with Gasteiger partial charge < -0.3 is 5.32 Å². The van der Waals surface area contributed by atoms with Crippen LogP contribution in [0.15, 0.2) is 0 Å². The zero-order valence-electron chi connectivity index (χ0n) is 10.8. The second kappa shape index (κ2) is 7.24. The Bertz CT molecular complexity index is 132. The Hall–Kier alpha value is -0.0800. The topological polar surface area (TPSA) is 15.3 Å².